The number of likely N-dealkylation sites (N-methyl/N-ethyl adjacent to an activating group) is 2. The summed E-state index contributed by atoms with van der Waals surface area (Å²) in [5.74, 6) is -1.67. The highest BCUT2D eigenvalue weighted by Crippen LogP contribution is 2.27. The van der Waals surface area contributed by atoms with Crippen LogP contribution in [0, 0.1) is 20.8 Å². The van der Waals surface area contributed by atoms with Crippen molar-refractivity contribution in [3.8, 4) is 5.69 Å². The molecule has 0 saturated carbocycles. The van der Waals surface area contributed by atoms with Gasteiger partial charge in [-0.25, -0.2) is 9.59 Å². The largest absolute Gasteiger partial charge is 0.465 e. The van der Waals surface area contributed by atoms with Crippen LogP contribution in [0.25, 0.3) is 11.8 Å². The SMILES string of the molecule is COC(=O)c1ccc(-n2c(C)cc(C=C3C(=O)N(C)C(=O)N(C)C3=O)c2C)c(C)c1. The number of rotatable bonds is 3. The number of carbonyl (C=O) groups is 4. The Labute approximate surface area is 174 Å². The summed E-state index contributed by atoms with van der Waals surface area (Å²) in [4.78, 5) is 50.5. The molecule has 0 bridgehead atoms. The van der Waals surface area contributed by atoms with Crippen molar-refractivity contribution >= 4 is 29.9 Å². The van der Waals surface area contributed by atoms with Crippen molar-refractivity contribution in [2.75, 3.05) is 21.2 Å². The Morgan fingerprint density at radius 1 is 0.967 bits per heavy atom. The minimum Gasteiger partial charge on any atom is -0.465 e. The summed E-state index contributed by atoms with van der Waals surface area (Å²) in [5.41, 5.74) is 4.52. The lowest BCUT2D eigenvalue weighted by Crippen LogP contribution is -2.52. The van der Waals surface area contributed by atoms with Gasteiger partial charge in [0.2, 0.25) is 0 Å². The number of imide groups is 2. The standard InChI is InChI=1S/C22H23N3O5/c1-12-9-15(21(28)30-6)7-8-18(12)25-13(2)10-16(14(25)3)11-17-19(26)23(4)22(29)24(5)20(17)27/h7-11H,1-6H3. The first-order chi connectivity index (χ1) is 14.1. The van der Waals surface area contributed by atoms with Crippen LogP contribution in [-0.2, 0) is 14.3 Å². The molecule has 1 aliphatic rings. The van der Waals surface area contributed by atoms with Crippen LogP contribution in [0.4, 0.5) is 4.79 Å². The zero-order chi connectivity index (χ0) is 22.3. The molecule has 1 fully saturated rings. The number of benzene rings is 1. The third-order valence-corrected chi connectivity index (χ3v) is 5.27. The number of ether oxygens (including phenoxy) is 1. The number of methoxy groups -OCH3 is 1. The van der Waals surface area contributed by atoms with E-state index in [1.54, 1.807) is 12.1 Å². The number of urea groups is 1. The topological polar surface area (TPSA) is 88.9 Å². The van der Waals surface area contributed by atoms with Crippen LogP contribution in [0.3, 0.4) is 0 Å². The molecule has 3 rings (SSSR count). The minimum absolute atomic E-state index is 0.0717. The number of hydrogen-bond donors (Lipinski definition) is 0. The van der Waals surface area contributed by atoms with E-state index in [2.05, 4.69) is 0 Å². The van der Waals surface area contributed by atoms with Crippen LogP contribution in [0.1, 0.15) is 32.9 Å². The molecule has 0 N–H and O–H groups in total. The molecular weight excluding hydrogens is 386 g/mol. The van der Waals surface area contributed by atoms with Crippen LogP contribution < -0.4 is 0 Å². The van der Waals surface area contributed by atoms with Gasteiger partial charge in [0.25, 0.3) is 11.8 Å². The van der Waals surface area contributed by atoms with E-state index in [9.17, 15) is 19.2 Å². The fourth-order valence-electron chi connectivity index (χ4n) is 3.59. The molecule has 1 aliphatic heterocycles. The van der Waals surface area contributed by atoms with E-state index >= 15 is 0 Å². The zero-order valence-electron chi connectivity index (χ0n) is 17.8. The first-order valence-electron chi connectivity index (χ1n) is 9.28. The molecule has 4 amide bonds. The highest BCUT2D eigenvalue weighted by molar-refractivity contribution is 6.30. The molecule has 1 aromatic heterocycles. The van der Waals surface area contributed by atoms with Crippen molar-refractivity contribution in [3.63, 3.8) is 0 Å². The molecule has 0 spiro atoms. The smallest absolute Gasteiger partial charge is 0.337 e. The number of amides is 4. The van der Waals surface area contributed by atoms with Gasteiger partial charge in [-0.1, -0.05) is 0 Å². The fourth-order valence-corrected chi connectivity index (χ4v) is 3.59. The third kappa shape index (κ3) is 3.30. The Kier molecular flexibility index (Phi) is 5.35. The molecule has 30 heavy (non-hydrogen) atoms. The van der Waals surface area contributed by atoms with Crippen LogP contribution in [0.2, 0.25) is 0 Å². The molecule has 8 heteroatoms. The van der Waals surface area contributed by atoms with E-state index < -0.39 is 23.8 Å². The first-order valence-corrected chi connectivity index (χ1v) is 9.28. The lowest BCUT2D eigenvalue weighted by atomic mass is 10.1. The Morgan fingerprint density at radius 2 is 1.57 bits per heavy atom. The number of barbiturate groups is 1. The summed E-state index contributed by atoms with van der Waals surface area (Å²) in [6.45, 7) is 5.68. The summed E-state index contributed by atoms with van der Waals surface area (Å²) in [5, 5.41) is 0. The van der Waals surface area contributed by atoms with Gasteiger partial charge in [0.05, 0.1) is 12.7 Å². The van der Waals surface area contributed by atoms with Gasteiger partial charge < -0.3 is 9.30 Å². The van der Waals surface area contributed by atoms with E-state index in [-0.39, 0.29) is 5.57 Å². The van der Waals surface area contributed by atoms with Crippen molar-refractivity contribution in [1.82, 2.24) is 14.4 Å². The average molecular weight is 409 g/mol. The monoisotopic (exact) mass is 409 g/mol. The van der Waals surface area contributed by atoms with Crippen molar-refractivity contribution in [1.29, 1.82) is 0 Å². The fraction of sp³-hybridized carbons (Fsp3) is 0.273. The number of hydrogen-bond acceptors (Lipinski definition) is 5. The summed E-state index contributed by atoms with van der Waals surface area (Å²) in [6.07, 6.45) is 1.51. The molecule has 0 atom stereocenters. The highest BCUT2D eigenvalue weighted by Gasteiger charge is 2.38. The number of esters is 1. The Bertz CT molecular complexity index is 1100. The number of aromatic nitrogens is 1. The van der Waals surface area contributed by atoms with Gasteiger partial charge in [-0.2, -0.15) is 0 Å². The van der Waals surface area contributed by atoms with E-state index in [1.807, 2.05) is 37.5 Å². The van der Waals surface area contributed by atoms with E-state index in [0.29, 0.717) is 11.1 Å². The third-order valence-electron chi connectivity index (χ3n) is 5.27. The Hall–Kier alpha value is -3.68. The maximum absolute atomic E-state index is 12.5. The maximum atomic E-state index is 12.5. The second kappa shape index (κ2) is 7.62. The zero-order valence-corrected chi connectivity index (χ0v) is 17.8. The lowest BCUT2D eigenvalue weighted by molar-refractivity contribution is -0.134. The molecule has 1 saturated heterocycles. The molecular formula is C22H23N3O5. The number of aryl methyl sites for hydroxylation is 2. The molecule has 0 radical (unpaired) electrons. The highest BCUT2D eigenvalue weighted by atomic mass is 16.5. The van der Waals surface area contributed by atoms with Gasteiger partial charge in [-0.05, 0) is 62.2 Å². The molecule has 2 aromatic rings. The molecule has 156 valence electrons. The van der Waals surface area contributed by atoms with Crippen LogP contribution in [0.15, 0.2) is 29.8 Å². The predicted octanol–water partition coefficient (Wildman–Crippen LogP) is 2.62. The molecule has 8 nitrogen and oxygen atoms in total. The second-order valence-electron chi connectivity index (χ2n) is 7.22. The summed E-state index contributed by atoms with van der Waals surface area (Å²) < 4.78 is 6.75. The first kappa shape index (κ1) is 21.0. The molecule has 1 aromatic carbocycles. The van der Waals surface area contributed by atoms with E-state index in [4.69, 9.17) is 4.74 Å². The Balaban J connectivity index is 2.08. The summed E-state index contributed by atoms with van der Waals surface area (Å²) >= 11 is 0. The number of carbonyl (C=O) groups excluding carboxylic acids is 4. The van der Waals surface area contributed by atoms with Gasteiger partial charge in [-0.15, -0.1) is 0 Å². The maximum Gasteiger partial charge on any atom is 0.337 e. The van der Waals surface area contributed by atoms with Gasteiger partial charge >= 0.3 is 12.0 Å². The normalized spacial score (nSPS) is 14.5. The molecule has 0 unspecified atom stereocenters. The number of nitrogens with zero attached hydrogens (tertiary/aromatic N) is 3. The van der Waals surface area contributed by atoms with Crippen molar-refractivity contribution in [3.05, 3.63) is 57.9 Å². The second-order valence-corrected chi connectivity index (χ2v) is 7.22. The van der Waals surface area contributed by atoms with Gasteiger partial charge in [-0.3, -0.25) is 19.4 Å². The van der Waals surface area contributed by atoms with Crippen LogP contribution >= 0.6 is 0 Å². The van der Waals surface area contributed by atoms with Gasteiger partial charge in [0.15, 0.2) is 0 Å². The van der Waals surface area contributed by atoms with E-state index in [0.717, 1.165) is 32.4 Å². The van der Waals surface area contributed by atoms with Crippen LogP contribution in [-0.4, -0.2) is 59.4 Å². The predicted molar refractivity (Wildman–Crippen MR) is 110 cm³/mol. The summed E-state index contributed by atoms with van der Waals surface area (Å²) in [7, 11) is 4.02. The Morgan fingerprint density at radius 3 is 2.10 bits per heavy atom. The van der Waals surface area contributed by atoms with E-state index in [1.165, 1.54) is 27.3 Å². The average Bonchev–Trinajstić information content (AvgIpc) is 3.00. The van der Waals surface area contributed by atoms with Crippen LogP contribution in [0.5, 0.6) is 0 Å². The summed E-state index contributed by atoms with van der Waals surface area (Å²) in [6, 6.07) is 6.48. The minimum atomic E-state index is -0.658. The molecule has 2 heterocycles. The van der Waals surface area contributed by atoms with Crippen molar-refractivity contribution in [2.24, 2.45) is 0 Å². The van der Waals surface area contributed by atoms with Gasteiger partial charge in [0, 0.05) is 31.2 Å². The van der Waals surface area contributed by atoms with Crippen molar-refractivity contribution in [2.45, 2.75) is 20.8 Å². The van der Waals surface area contributed by atoms with Gasteiger partial charge in [0.1, 0.15) is 5.57 Å². The molecule has 0 aliphatic carbocycles. The van der Waals surface area contributed by atoms with Crippen molar-refractivity contribution < 1.29 is 23.9 Å². The lowest BCUT2D eigenvalue weighted by Gasteiger charge is -2.28. The quantitative estimate of drug-likeness (QED) is 0.442.